The molecule has 1 aliphatic carbocycles. The monoisotopic (exact) mass is 375 g/mol. The Morgan fingerprint density at radius 1 is 1.35 bits per heavy atom. The maximum Gasteiger partial charge on any atom is 0.230 e. The van der Waals surface area contributed by atoms with Gasteiger partial charge in [-0.3, -0.25) is 4.79 Å². The number of hydrogen-bond acceptors (Lipinski definition) is 5. The Morgan fingerprint density at radius 3 is 2.69 bits per heavy atom. The van der Waals surface area contributed by atoms with Crippen LogP contribution in [0.15, 0.2) is 0 Å². The van der Waals surface area contributed by atoms with Crippen molar-refractivity contribution in [2.45, 2.75) is 67.3 Å². The molecule has 2 heterocycles. The normalized spacial score (nSPS) is 18.5. The highest BCUT2D eigenvalue weighted by molar-refractivity contribution is 7.15. The van der Waals surface area contributed by atoms with Crippen molar-refractivity contribution in [2.75, 3.05) is 5.32 Å². The number of carbonyl (C=O) groups is 1. The molecule has 0 fully saturated rings. The third-order valence-electron chi connectivity index (χ3n) is 5.25. The first-order valence-electron chi connectivity index (χ1n) is 9.31. The van der Waals surface area contributed by atoms with Gasteiger partial charge in [0.25, 0.3) is 0 Å². The van der Waals surface area contributed by atoms with E-state index in [9.17, 15) is 4.79 Å². The van der Waals surface area contributed by atoms with Crippen LogP contribution in [0.5, 0.6) is 0 Å². The van der Waals surface area contributed by atoms with E-state index in [-0.39, 0.29) is 11.8 Å². The van der Waals surface area contributed by atoms with Crippen molar-refractivity contribution in [3.63, 3.8) is 0 Å². The molecule has 0 saturated heterocycles. The van der Waals surface area contributed by atoms with Crippen molar-refractivity contribution >= 4 is 22.4 Å². The lowest BCUT2D eigenvalue weighted by Crippen LogP contribution is -2.26. The molecule has 142 valence electrons. The first-order valence-corrected chi connectivity index (χ1v) is 10.1. The summed E-state index contributed by atoms with van der Waals surface area (Å²) in [5, 5.41) is 8.07. The molecule has 0 unspecified atom stereocenters. The van der Waals surface area contributed by atoms with Gasteiger partial charge in [-0.15, -0.1) is 11.3 Å². The summed E-state index contributed by atoms with van der Waals surface area (Å²) in [7, 11) is 0. The average Bonchev–Trinajstić information content (AvgIpc) is 3.07. The molecule has 6 nitrogen and oxygen atoms in total. The summed E-state index contributed by atoms with van der Waals surface area (Å²) >= 11 is 1.64. The molecule has 0 radical (unpaired) electrons. The van der Waals surface area contributed by atoms with Gasteiger partial charge in [-0.2, -0.15) is 5.10 Å². The van der Waals surface area contributed by atoms with Gasteiger partial charge in [0.2, 0.25) is 5.91 Å². The second-order valence-corrected chi connectivity index (χ2v) is 9.56. The lowest BCUT2D eigenvalue weighted by Gasteiger charge is -2.33. The van der Waals surface area contributed by atoms with E-state index >= 15 is 0 Å². The number of hydrogen-bond donors (Lipinski definition) is 1. The first kappa shape index (κ1) is 19.0. The Hall–Kier alpha value is -1.76. The molecule has 7 heteroatoms. The van der Waals surface area contributed by atoms with Gasteiger partial charge in [0.1, 0.15) is 11.6 Å². The predicted octanol–water partition coefficient (Wildman–Crippen LogP) is 3.78. The number of nitrogens with zero attached hydrogens (tertiary/aromatic N) is 4. The molecule has 1 aliphatic rings. The van der Waals surface area contributed by atoms with Crippen molar-refractivity contribution < 1.29 is 4.79 Å². The minimum Gasteiger partial charge on any atom is -0.302 e. The Balaban J connectivity index is 1.63. The molecular formula is C19H29N5OS. The molecule has 3 rings (SSSR count). The third-order valence-corrected chi connectivity index (χ3v) is 6.29. The smallest absolute Gasteiger partial charge is 0.230 e. The van der Waals surface area contributed by atoms with E-state index in [1.165, 1.54) is 17.0 Å². The molecule has 1 amide bonds. The summed E-state index contributed by atoms with van der Waals surface area (Å²) in [6.07, 6.45) is 3.25. The molecular weight excluding hydrogens is 346 g/mol. The lowest BCUT2D eigenvalue weighted by molar-refractivity contribution is -0.119. The topological polar surface area (TPSA) is 72.7 Å². The van der Waals surface area contributed by atoms with Crippen LogP contribution >= 0.6 is 11.3 Å². The number of thiazole rings is 1. The van der Waals surface area contributed by atoms with Crippen LogP contribution in [-0.2, 0) is 24.2 Å². The van der Waals surface area contributed by atoms with E-state index in [2.05, 4.69) is 41.2 Å². The summed E-state index contributed by atoms with van der Waals surface area (Å²) in [5.74, 6) is 2.03. The average molecular weight is 376 g/mol. The number of amides is 1. The fraction of sp³-hybridized carbons (Fsp3) is 0.684. The molecule has 0 aromatic carbocycles. The predicted molar refractivity (Wildman–Crippen MR) is 104 cm³/mol. The van der Waals surface area contributed by atoms with E-state index in [0.717, 1.165) is 29.6 Å². The van der Waals surface area contributed by atoms with Gasteiger partial charge < -0.3 is 5.32 Å². The van der Waals surface area contributed by atoms with Gasteiger partial charge in [-0.25, -0.2) is 14.6 Å². The summed E-state index contributed by atoms with van der Waals surface area (Å²) in [6.45, 7) is 13.1. The maximum atomic E-state index is 12.6. The second kappa shape index (κ2) is 7.10. The number of fused-ring (bicyclic) bond motifs is 1. The van der Waals surface area contributed by atoms with Crippen LogP contribution in [0.1, 0.15) is 56.3 Å². The zero-order valence-electron chi connectivity index (χ0n) is 16.6. The molecule has 2 aromatic heterocycles. The van der Waals surface area contributed by atoms with E-state index in [4.69, 9.17) is 0 Å². The second-order valence-electron chi connectivity index (χ2n) is 8.47. The number of aryl methyl sites for hydroxylation is 3. The largest absolute Gasteiger partial charge is 0.302 e. The molecule has 0 aliphatic heterocycles. The fourth-order valence-corrected chi connectivity index (χ4v) is 4.56. The van der Waals surface area contributed by atoms with E-state index < -0.39 is 0 Å². The van der Waals surface area contributed by atoms with Crippen molar-refractivity contribution in [1.82, 2.24) is 19.7 Å². The zero-order chi connectivity index (χ0) is 19.1. The summed E-state index contributed by atoms with van der Waals surface area (Å²) in [4.78, 5) is 22.9. The van der Waals surface area contributed by atoms with Crippen LogP contribution < -0.4 is 5.32 Å². The van der Waals surface area contributed by atoms with Gasteiger partial charge in [0, 0.05) is 4.88 Å². The summed E-state index contributed by atoms with van der Waals surface area (Å²) in [6, 6.07) is 0. The van der Waals surface area contributed by atoms with Crippen LogP contribution in [-0.4, -0.2) is 25.7 Å². The molecule has 2 atom stereocenters. The van der Waals surface area contributed by atoms with Crippen molar-refractivity contribution in [2.24, 2.45) is 17.3 Å². The molecule has 0 saturated carbocycles. The molecule has 2 aromatic rings. The molecule has 1 N–H and O–H groups in total. The minimum absolute atomic E-state index is 0.0176. The highest BCUT2D eigenvalue weighted by Crippen LogP contribution is 2.40. The Labute approximate surface area is 159 Å². The number of rotatable bonds is 4. The van der Waals surface area contributed by atoms with Crippen LogP contribution in [0.4, 0.5) is 5.13 Å². The Bertz CT molecular complexity index is 801. The Kier molecular flexibility index (Phi) is 5.19. The molecule has 0 spiro atoms. The maximum absolute atomic E-state index is 12.6. The van der Waals surface area contributed by atoms with Gasteiger partial charge in [-0.05, 0) is 44.4 Å². The van der Waals surface area contributed by atoms with E-state index in [0.29, 0.717) is 17.9 Å². The Morgan fingerprint density at radius 2 is 2.08 bits per heavy atom. The highest BCUT2D eigenvalue weighted by Gasteiger charge is 2.31. The number of nitrogens with one attached hydrogen (secondary N) is 1. The van der Waals surface area contributed by atoms with Gasteiger partial charge in [0.05, 0.1) is 18.2 Å². The number of aromatic nitrogens is 4. The number of carbonyl (C=O) groups excluding carboxylic acids is 1. The van der Waals surface area contributed by atoms with Crippen molar-refractivity contribution in [1.29, 1.82) is 0 Å². The van der Waals surface area contributed by atoms with Crippen molar-refractivity contribution in [3.8, 4) is 0 Å². The van der Waals surface area contributed by atoms with Gasteiger partial charge in [-0.1, -0.05) is 27.7 Å². The fourth-order valence-electron chi connectivity index (χ4n) is 3.47. The molecule has 26 heavy (non-hydrogen) atoms. The van der Waals surface area contributed by atoms with E-state index in [1.54, 1.807) is 16.0 Å². The minimum atomic E-state index is -0.196. The highest BCUT2D eigenvalue weighted by atomic mass is 32.1. The van der Waals surface area contributed by atoms with Crippen molar-refractivity contribution in [3.05, 3.63) is 22.2 Å². The SMILES string of the molecule is Cc1nc(C)n(C[C@H](C)C(=O)Nc2nc3c(s2)C[C@@H](C(C)(C)C)CC3)n1. The van der Waals surface area contributed by atoms with E-state index in [1.807, 2.05) is 20.8 Å². The van der Waals surface area contributed by atoms with Crippen LogP contribution in [0.25, 0.3) is 0 Å². The summed E-state index contributed by atoms with van der Waals surface area (Å²) < 4.78 is 1.79. The summed E-state index contributed by atoms with van der Waals surface area (Å²) in [5.41, 5.74) is 1.48. The lowest BCUT2D eigenvalue weighted by atomic mass is 9.73. The quantitative estimate of drug-likeness (QED) is 0.883. The third kappa shape index (κ3) is 4.14. The van der Waals surface area contributed by atoms with Gasteiger partial charge >= 0.3 is 0 Å². The zero-order valence-corrected chi connectivity index (χ0v) is 17.4. The van der Waals surface area contributed by atoms with Crippen LogP contribution in [0, 0.1) is 31.1 Å². The van der Waals surface area contributed by atoms with Crippen LogP contribution in [0.3, 0.4) is 0 Å². The standard InChI is InChI=1S/C19H29N5OS/c1-11(10-24-13(3)20-12(2)23-24)17(25)22-18-21-15-8-7-14(19(4,5)6)9-16(15)26-18/h11,14H,7-10H2,1-6H3,(H,21,22,25)/t11-,14-/m0/s1. The molecule has 0 bridgehead atoms. The van der Waals surface area contributed by atoms with Crippen LogP contribution in [0.2, 0.25) is 0 Å². The first-order chi connectivity index (χ1) is 12.1. The van der Waals surface area contributed by atoms with Gasteiger partial charge in [0.15, 0.2) is 5.13 Å². The number of anilines is 1.